The number of nitrogen functional groups attached to an aromatic ring is 1. The summed E-state index contributed by atoms with van der Waals surface area (Å²) in [6.07, 6.45) is 39.9. The van der Waals surface area contributed by atoms with E-state index in [1.165, 1.54) is 25.3 Å². The number of unbranched alkanes of at least 4 members (excludes halogenated alkanes) is 7. The molecule has 0 aliphatic carbocycles. The van der Waals surface area contributed by atoms with Gasteiger partial charge in [-0.25, -0.2) is 13.9 Å². The fourth-order valence-corrected chi connectivity index (χ4v) is 9.44. The molecule has 2 fully saturated rings. The number of rotatable bonds is 40. The molecule has 1 aromatic heterocycles. The molecule has 2 aliphatic rings. The van der Waals surface area contributed by atoms with Crippen molar-refractivity contribution >= 4 is 33.4 Å². The molecule has 19 nitrogen and oxygen atoms in total. The molecule has 0 aromatic carbocycles. The van der Waals surface area contributed by atoms with Crippen LogP contribution in [-0.2, 0) is 51.0 Å². The van der Waals surface area contributed by atoms with Crippen molar-refractivity contribution in [2.45, 2.75) is 185 Å². The van der Waals surface area contributed by atoms with E-state index in [2.05, 4.69) is 96.1 Å². The minimum atomic E-state index is -5.45. The standard InChI is InChI=1S/C52H81N3O16P2/c1-3-5-7-8-9-10-11-12-13-14-15-16-17-22-25-28-32-36-48(57)68-42(39-65-47(56)35-31-27-24-21-19-18-20-23-26-30-34-44-43(69-44)33-29-6-4-2)40-66-72(61,62)71-73(63,64)67-41-45-49(58)50(59)51(70-45)55-38-37-46(53)54-52(55)60/h5,7,9-10,12-13,15-16,18,20-21,24,26,30,37-38,42-45,49-51,58-59H,3-4,6,8,11,14,17,19,22-23,25,27-29,31-36,39-41H2,1-2H3,(H,61,62)(H,63,64)(H2,53,54,60)/b7-5-,10-9-,13-12-,16-15-,20-18-,24-21-,30-26-/t42-,43?,44?,45-,49-,50-,51-/m1/s1. The number of epoxide rings is 1. The highest BCUT2D eigenvalue weighted by atomic mass is 31.3. The van der Waals surface area contributed by atoms with E-state index in [1.54, 1.807) is 0 Å². The van der Waals surface area contributed by atoms with E-state index in [0.29, 0.717) is 31.5 Å². The van der Waals surface area contributed by atoms with Crippen molar-refractivity contribution < 1.29 is 71.0 Å². The molecule has 4 unspecified atom stereocenters. The zero-order valence-corrected chi connectivity index (χ0v) is 44.4. The Morgan fingerprint density at radius 2 is 1.29 bits per heavy atom. The Labute approximate surface area is 431 Å². The fraction of sp³-hybridized carbons (Fsp3) is 0.615. The lowest BCUT2D eigenvalue weighted by molar-refractivity contribution is -0.161. The molecule has 6 N–H and O–H groups in total. The van der Waals surface area contributed by atoms with Gasteiger partial charge in [0.05, 0.1) is 25.4 Å². The number of nitrogens with two attached hydrogens (primary N) is 1. The van der Waals surface area contributed by atoms with Crippen LogP contribution in [0.2, 0.25) is 0 Å². The number of allylic oxidation sites excluding steroid dienone is 13. The van der Waals surface area contributed by atoms with Crippen LogP contribution in [-0.4, -0.2) is 97.9 Å². The second-order valence-electron chi connectivity index (χ2n) is 17.7. The predicted octanol–water partition coefficient (Wildman–Crippen LogP) is 9.65. The molecule has 9 atom stereocenters. The van der Waals surface area contributed by atoms with Crippen LogP contribution in [0.4, 0.5) is 5.82 Å². The number of aromatic nitrogens is 2. The largest absolute Gasteiger partial charge is 0.481 e. The van der Waals surface area contributed by atoms with Gasteiger partial charge in [0.1, 0.15) is 30.7 Å². The van der Waals surface area contributed by atoms with E-state index in [-0.39, 0.29) is 18.7 Å². The monoisotopic (exact) mass is 1070 g/mol. The van der Waals surface area contributed by atoms with E-state index in [1.807, 2.05) is 12.2 Å². The highest BCUT2D eigenvalue weighted by molar-refractivity contribution is 7.61. The number of aliphatic hydroxyl groups is 2. The number of phosphoric ester groups is 2. The molecular weight excluding hydrogens is 985 g/mol. The fourth-order valence-electron chi connectivity index (χ4n) is 7.33. The van der Waals surface area contributed by atoms with Gasteiger partial charge in [0.15, 0.2) is 12.3 Å². The molecule has 2 aliphatic heterocycles. The van der Waals surface area contributed by atoms with Gasteiger partial charge in [-0.3, -0.25) is 23.2 Å². The van der Waals surface area contributed by atoms with E-state index >= 15 is 0 Å². The molecular formula is C52H81N3O16P2. The van der Waals surface area contributed by atoms with Gasteiger partial charge in [0.25, 0.3) is 0 Å². The second kappa shape index (κ2) is 36.8. The zero-order chi connectivity index (χ0) is 53.2. The van der Waals surface area contributed by atoms with Crippen LogP contribution in [0.1, 0.15) is 148 Å². The summed E-state index contributed by atoms with van der Waals surface area (Å²) < 4.78 is 62.5. The number of esters is 2. The van der Waals surface area contributed by atoms with Crippen LogP contribution in [0.3, 0.4) is 0 Å². The van der Waals surface area contributed by atoms with Gasteiger partial charge in [-0.1, -0.05) is 131 Å². The number of phosphoric acid groups is 2. The van der Waals surface area contributed by atoms with Crippen LogP contribution in [0, 0.1) is 0 Å². The van der Waals surface area contributed by atoms with Crippen molar-refractivity contribution in [3.8, 4) is 0 Å². The average molecular weight is 1070 g/mol. The Morgan fingerprint density at radius 1 is 0.699 bits per heavy atom. The maximum Gasteiger partial charge on any atom is 0.481 e. The predicted molar refractivity (Wildman–Crippen MR) is 279 cm³/mol. The maximum atomic E-state index is 12.9. The molecule has 3 rings (SSSR count). The third-order valence-electron chi connectivity index (χ3n) is 11.4. The molecule has 0 saturated carbocycles. The summed E-state index contributed by atoms with van der Waals surface area (Å²) in [6.45, 7) is 1.92. The number of carbonyl (C=O) groups is 2. The first-order valence-corrected chi connectivity index (χ1v) is 28.7. The summed E-state index contributed by atoms with van der Waals surface area (Å²) in [7, 11) is -10.9. The summed E-state index contributed by atoms with van der Waals surface area (Å²) >= 11 is 0. The number of aliphatic hydroxyl groups excluding tert-OH is 2. The van der Waals surface area contributed by atoms with Crippen LogP contribution in [0.15, 0.2) is 102 Å². The van der Waals surface area contributed by atoms with Crippen molar-refractivity contribution in [3.05, 3.63) is 108 Å². The first-order valence-electron chi connectivity index (χ1n) is 25.7. The zero-order valence-electron chi connectivity index (χ0n) is 42.6. The normalized spacial score (nSPS) is 22.4. The number of ether oxygens (including phenoxy) is 4. The maximum absolute atomic E-state index is 12.9. The van der Waals surface area contributed by atoms with Gasteiger partial charge in [0.2, 0.25) is 0 Å². The molecule has 0 spiro atoms. The van der Waals surface area contributed by atoms with Crippen molar-refractivity contribution in [1.29, 1.82) is 0 Å². The third kappa shape index (κ3) is 29.0. The number of anilines is 1. The second-order valence-corrected chi connectivity index (χ2v) is 20.7. The number of hydrogen-bond acceptors (Lipinski definition) is 16. The topological polar surface area (TPSA) is 278 Å². The smallest absolute Gasteiger partial charge is 0.462 e. The molecule has 0 bridgehead atoms. The van der Waals surface area contributed by atoms with E-state index in [9.17, 15) is 43.5 Å². The summed E-state index contributed by atoms with van der Waals surface area (Å²) in [5.74, 6) is -1.41. The highest BCUT2D eigenvalue weighted by Gasteiger charge is 2.46. The Bertz CT molecular complexity index is 2120. The summed E-state index contributed by atoms with van der Waals surface area (Å²) in [6, 6.07) is 1.24. The minimum absolute atomic E-state index is 0.00319. The van der Waals surface area contributed by atoms with E-state index in [0.717, 1.165) is 87.8 Å². The Balaban J connectivity index is 1.42. The van der Waals surface area contributed by atoms with Gasteiger partial charge < -0.3 is 44.7 Å². The number of carbonyl (C=O) groups excluding carboxylic acids is 2. The van der Waals surface area contributed by atoms with Gasteiger partial charge in [-0.2, -0.15) is 9.29 Å². The van der Waals surface area contributed by atoms with Gasteiger partial charge in [-0.15, -0.1) is 0 Å². The third-order valence-corrected chi connectivity index (χ3v) is 14.0. The first-order chi connectivity index (χ1) is 35.1. The molecule has 1 aromatic rings. The Morgan fingerprint density at radius 3 is 1.93 bits per heavy atom. The quantitative estimate of drug-likeness (QED) is 0.0134. The summed E-state index contributed by atoms with van der Waals surface area (Å²) in [5, 5.41) is 20.9. The van der Waals surface area contributed by atoms with Gasteiger partial charge in [0, 0.05) is 19.0 Å². The lowest BCUT2D eigenvalue weighted by Crippen LogP contribution is -2.36. The molecule has 0 radical (unpaired) electrons. The first kappa shape index (κ1) is 63.2. The summed E-state index contributed by atoms with van der Waals surface area (Å²) in [5.41, 5.74) is 4.58. The molecule has 73 heavy (non-hydrogen) atoms. The minimum Gasteiger partial charge on any atom is -0.462 e. The van der Waals surface area contributed by atoms with E-state index in [4.69, 9.17) is 33.7 Å². The van der Waals surface area contributed by atoms with Crippen molar-refractivity contribution in [2.24, 2.45) is 0 Å². The molecule has 2 saturated heterocycles. The molecule has 410 valence electrons. The molecule has 0 amide bonds. The number of hydrogen-bond donors (Lipinski definition) is 5. The molecule has 3 heterocycles. The van der Waals surface area contributed by atoms with Crippen molar-refractivity contribution in [3.63, 3.8) is 0 Å². The van der Waals surface area contributed by atoms with Crippen molar-refractivity contribution in [1.82, 2.24) is 9.55 Å². The van der Waals surface area contributed by atoms with E-state index < -0.39 is 83.7 Å². The highest BCUT2D eigenvalue weighted by Crippen LogP contribution is 2.60. The van der Waals surface area contributed by atoms with Crippen LogP contribution >= 0.6 is 15.6 Å². The Kier molecular flexibility index (Phi) is 31.8. The SMILES string of the molecule is CC/C=C\C/C=C\C/C=C\C/C=C\CCCCCCC(=O)O[C@H](COC(=O)CCC/C=C\C/C=C\C/C=C\CC1OC1CCCCC)COP(=O)(O)OP(=O)(O)OC[C@H]1O[C@@H](n2ccc(N)nc2=O)[C@H](O)[C@@H]1O. The van der Waals surface area contributed by atoms with Crippen molar-refractivity contribution in [2.75, 3.05) is 25.6 Å². The summed E-state index contributed by atoms with van der Waals surface area (Å²) in [4.78, 5) is 61.9. The lowest BCUT2D eigenvalue weighted by Gasteiger charge is -2.21. The van der Waals surface area contributed by atoms with Gasteiger partial charge >= 0.3 is 33.3 Å². The molecule has 21 heteroatoms. The van der Waals surface area contributed by atoms with Crippen LogP contribution in [0.25, 0.3) is 0 Å². The van der Waals surface area contributed by atoms with Gasteiger partial charge in [-0.05, 0) is 89.5 Å². The van der Waals surface area contributed by atoms with Crippen LogP contribution < -0.4 is 11.4 Å². The number of nitrogens with zero attached hydrogens (tertiary/aromatic N) is 2. The van der Waals surface area contributed by atoms with Crippen LogP contribution in [0.5, 0.6) is 0 Å². The lowest BCUT2D eigenvalue weighted by atomic mass is 10.1. The Hall–Kier alpha value is -4.10. The average Bonchev–Trinajstić information content (AvgIpc) is 4.04.